The van der Waals surface area contributed by atoms with Crippen molar-refractivity contribution in [3.05, 3.63) is 105 Å². The number of fused-ring (bicyclic) bond motifs is 1. The summed E-state index contributed by atoms with van der Waals surface area (Å²) in [7, 11) is 0. The second kappa shape index (κ2) is 11.1. The smallest absolute Gasteiger partial charge is 0.335 e. The molecule has 0 radical (unpaired) electrons. The summed E-state index contributed by atoms with van der Waals surface area (Å²) in [4.78, 5) is 33.7. The van der Waals surface area contributed by atoms with Crippen LogP contribution in [0.1, 0.15) is 28.2 Å². The Kier molecular flexibility index (Phi) is 7.21. The van der Waals surface area contributed by atoms with Crippen molar-refractivity contribution < 1.29 is 23.8 Å². The number of carboxylic acids is 1. The molecular formula is C29H23ClFN5O5. The van der Waals surface area contributed by atoms with Gasteiger partial charge in [-0.15, -0.1) is 0 Å². The van der Waals surface area contributed by atoms with Gasteiger partial charge >= 0.3 is 5.97 Å². The van der Waals surface area contributed by atoms with Gasteiger partial charge in [0.15, 0.2) is 0 Å². The highest BCUT2D eigenvalue weighted by atomic mass is 35.5. The summed E-state index contributed by atoms with van der Waals surface area (Å²) in [5.74, 6) is -0.690. The number of hydrogen-bond acceptors (Lipinski definition) is 7. The van der Waals surface area contributed by atoms with Crippen LogP contribution in [0.15, 0.2) is 71.7 Å². The van der Waals surface area contributed by atoms with Crippen LogP contribution in [0.5, 0.6) is 5.88 Å². The second-order valence-corrected chi connectivity index (χ2v) is 9.99. The average Bonchev–Trinajstić information content (AvgIpc) is 3.27. The van der Waals surface area contributed by atoms with Gasteiger partial charge in [-0.3, -0.25) is 4.79 Å². The molecule has 1 atom stereocenters. The van der Waals surface area contributed by atoms with Crippen molar-refractivity contribution in [1.29, 1.82) is 0 Å². The van der Waals surface area contributed by atoms with Gasteiger partial charge in [0.1, 0.15) is 24.8 Å². The van der Waals surface area contributed by atoms with Crippen molar-refractivity contribution in [2.24, 2.45) is 0 Å². The Bertz CT molecular complexity index is 1830. The fraction of sp³-hybridized carbons (Fsp3) is 0.207. The van der Waals surface area contributed by atoms with Crippen LogP contribution < -0.4 is 10.3 Å². The van der Waals surface area contributed by atoms with Crippen LogP contribution in [-0.4, -0.2) is 48.1 Å². The summed E-state index contributed by atoms with van der Waals surface area (Å²) in [6.45, 7) is 1.19. The molecule has 1 aliphatic rings. The summed E-state index contributed by atoms with van der Waals surface area (Å²) in [5, 5.41) is 14.1. The summed E-state index contributed by atoms with van der Waals surface area (Å²) in [5.41, 5.74) is 2.33. The van der Waals surface area contributed by atoms with Crippen LogP contribution in [0.3, 0.4) is 0 Å². The van der Waals surface area contributed by atoms with Gasteiger partial charge in [-0.2, -0.15) is 5.10 Å². The lowest BCUT2D eigenvalue weighted by Gasteiger charge is -2.27. The van der Waals surface area contributed by atoms with E-state index in [-0.39, 0.29) is 36.3 Å². The fourth-order valence-electron chi connectivity index (χ4n) is 4.54. The first-order valence-electron chi connectivity index (χ1n) is 12.8. The predicted octanol–water partition coefficient (Wildman–Crippen LogP) is 4.56. The van der Waals surface area contributed by atoms with Gasteiger partial charge in [0.2, 0.25) is 5.88 Å². The first kappa shape index (κ1) is 26.6. The largest absolute Gasteiger partial charge is 0.478 e. The van der Waals surface area contributed by atoms with Gasteiger partial charge in [-0.05, 0) is 42.8 Å². The Morgan fingerprint density at radius 3 is 2.73 bits per heavy atom. The lowest BCUT2D eigenvalue weighted by Crippen LogP contribution is -2.32. The quantitative estimate of drug-likeness (QED) is 0.271. The Labute approximate surface area is 237 Å². The van der Waals surface area contributed by atoms with Crippen molar-refractivity contribution in [1.82, 2.24) is 24.3 Å². The number of carbonyl (C=O) groups is 1. The molecule has 10 nitrogen and oxygen atoms in total. The zero-order valence-corrected chi connectivity index (χ0v) is 22.3. The van der Waals surface area contributed by atoms with E-state index in [4.69, 9.17) is 21.1 Å². The van der Waals surface area contributed by atoms with Crippen molar-refractivity contribution in [2.45, 2.75) is 32.2 Å². The maximum Gasteiger partial charge on any atom is 0.335 e. The minimum Gasteiger partial charge on any atom is -0.478 e. The third-order valence-corrected chi connectivity index (χ3v) is 7.06. The first-order valence-corrected chi connectivity index (χ1v) is 13.2. The lowest BCUT2D eigenvalue weighted by molar-refractivity contribution is -0.0590. The topological polar surface area (TPSA) is 121 Å². The van der Waals surface area contributed by atoms with Crippen molar-refractivity contribution in [2.75, 3.05) is 6.61 Å². The van der Waals surface area contributed by atoms with Crippen LogP contribution in [-0.2, 0) is 24.4 Å². The SMILES string of the molecule is O=C(O)c1ccc2nc(Cn3ncc(-c4cccc(OCc5ccc(Cl)cc5F)n4)cc3=O)n(C[C@@H]3CCO3)c2c1. The van der Waals surface area contributed by atoms with Crippen molar-refractivity contribution >= 4 is 28.6 Å². The van der Waals surface area contributed by atoms with Gasteiger partial charge < -0.3 is 19.1 Å². The number of benzene rings is 2. The zero-order valence-electron chi connectivity index (χ0n) is 21.5. The van der Waals surface area contributed by atoms with Gasteiger partial charge in [0.05, 0.1) is 41.1 Å². The van der Waals surface area contributed by atoms with E-state index in [1.54, 1.807) is 42.5 Å². The van der Waals surface area contributed by atoms with Crippen molar-refractivity contribution in [3.63, 3.8) is 0 Å². The molecule has 0 unspecified atom stereocenters. The van der Waals surface area contributed by atoms with Crippen LogP contribution in [0.4, 0.5) is 4.39 Å². The summed E-state index contributed by atoms with van der Waals surface area (Å²) >= 11 is 5.81. The number of hydrogen-bond donors (Lipinski definition) is 1. The molecule has 4 heterocycles. The molecule has 0 bridgehead atoms. The maximum atomic E-state index is 14.1. The van der Waals surface area contributed by atoms with Crippen LogP contribution >= 0.6 is 11.6 Å². The van der Waals surface area contributed by atoms with E-state index in [1.807, 2.05) is 4.57 Å². The number of nitrogens with zero attached hydrogens (tertiary/aromatic N) is 5. The molecule has 12 heteroatoms. The monoisotopic (exact) mass is 575 g/mol. The standard InChI is InChI=1S/C29H23ClFN5O5/c30-20-6-4-18(22(31)12-20)16-41-27-3-1-2-23(34-27)19-11-28(37)36(32-13-19)15-26-33-24-7-5-17(29(38)39)10-25(24)35(26)14-21-8-9-40-21/h1-7,10-13,21H,8-9,14-16H2,(H,38,39)/t21-/m0/s1. The van der Waals surface area contributed by atoms with Gasteiger partial charge in [-0.25, -0.2) is 23.8 Å². The van der Waals surface area contributed by atoms with Crippen molar-refractivity contribution in [3.8, 4) is 17.1 Å². The predicted molar refractivity (Wildman–Crippen MR) is 148 cm³/mol. The molecule has 6 rings (SSSR count). The number of aromatic nitrogens is 5. The number of halogens is 2. The summed E-state index contributed by atoms with van der Waals surface area (Å²) in [6.07, 6.45) is 2.40. The van der Waals surface area contributed by atoms with Crippen LogP contribution in [0.2, 0.25) is 5.02 Å². The van der Waals surface area contributed by atoms with Crippen LogP contribution in [0.25, 0.3) is 22.3 Å². The molecule has 1 fully saturated rings. The van der Waals surface area contributed by atoms with Gasteiger partial charge in [-0.1, -0.05) is 23.7 Å². The molecule has 1 aliphatic heterocycles. The Hall–Kier alpha value is -4.61. The molecule has 208 valence electrons. The average molecular weight is 576 g/mol. The molecule has 0 spiro atoms. The highest BCUT2D eigenvalue weighted by molar-refractivity contribution is 6.30. The van der Waals surface area contributed by atoms with E-state index in [9.17, 15) is 19.1 Å². The molecular weight excluding hydrogens is 553 g/mol. The molecule has 1 saturated heterocycles. The number of rotatable bonds is 9. The van der Waals surface area contributed by atoms with E-state index in [0.717, 1.165) is 6.42 Å². The number of pyridine rings is 1. The molecule has 0 aliphatic carbocycles. The fourth-order valence-corrected chi connectivity index (χ4v) is 4.69. The van der Waals surface area contributed by atoms with Gasteiger partial charge in [0.25, 0.3) is 5.56 Å². The number of imidazole rings is 1. The molecule has 3 aromatic heterocycles. The number of aromatic carboxylic acids is 1. The first-order chi connectivity index (χ1) is 19.8. The number of ether oxygens (including phenoxy) is 2. The minimum absolute atomic E-state index is 0.0107. The summed E-state index contributed by atoms with van der Waals surface area (Å²) in [6, 6.07) is 15.6. The Morgan fingerprint density at radius 2 is 2.00 bits per heavy atom. The summed E-state index contributed by atoms with van der Waals surface area (Å²) < 4.78 is 28.5. The van der Waals surface area contributed by atoms with Crippen LogP contribution in [0, 0.1) is 5.82 Å². The molecule has 5 aromatic rings. The normalized spacial score (nSPS) is 14.6. The zero-order chi connectivity index (χ0) is 28.5. The Balaban J connectivity index is 1.24. The highest BCUT2D eigenvalue weighted by Crippen LogP contribution is 2.24. The minimum atomic E-state index is -1.03. The van der Waals surface area contributed by atoms with Gasteiger partial charge in [0, 0.05) is 34.9 Å². The van der Waals surface area contributed by atoms with E-state index >= 15 is 0 Å². The molecule has 41 heavy (non-hydrogen) atoms. The van der Waals surface area contributed by atoms with E-state index in [0.29, 0.717) is 51.9 Å². The maximum absolute atomic E-state index is 14.1. The molecule has 0 saturated carbocycles. The van der Waals surface area contributed by atoms with E-state index in [1.165, 1.54) is 29.1 Å². The molecule has 2 aromatic carbocycles. The van der Waals surface area contributed by atoms with E-state index < -0.39 is 11.8 Å². The third kappa shape index (κ3) is 5.67. The second-order valence-electron chi connectivity index (χ2n) is 9.55. The lowest BCUT2D eigenvalue weighted by atomic mass is 10.1. The highest BCUT2D eigenvalue weighted by Gasteiger charge is 2.23. The van der Waals surface area contributed by atoms with E-state index in [2.05, 4.69) is 15.1 Å². The Morgan fingerprint density at radius 1 is 1.15 bits per heavy atom. The number of carboxylic acid groups (broad SMARTS) is 1. The molecule has 1 N–H and O–H groups in total. The molecule has 0 amide bonds. The third-order valence-electron chi connectivity index (χ3n) is 6.82.